The molecule has 0 amide bonds. The van der Waals surface area contributed by atoms with Gasteiger partial charge < -0.3 is 4.74 Å². The number of rotatable bonds is 4. The maximum Gasteiger partial charge on any atom is 0.119 e. The normalized spacial score (nSPS) is 24.9. The molecular weight excluding hydrogens is 222 g/mol. The van der Waals surface area contributed by atoms with Crippen LogP contribution in [0.2, 0.25) is 0 Å². The summed E-state index contributed by atoms with van der Waals surface area (Å²) >= 11 is 5.29. The maximum absolute atomic E-state index is 8.25. The molecular formula is C13H14ClNO. The molecule has 0 aliphatic rings. The minimum Gasteiger partial charge on any atom is -0.497 e. The van der Waals surface area contributed by atoms with E-state index in [-0.39, 0.29) is 0 Å². The summed E-state index contributed by atoms with van der Waals surface area (Å²) in [5.74, 6) is -0.921. The van der Waals surface area contributed by atoms with Gasteiger partial charge in [0.2, 0.25) is 0 Å². The van der Waals surface area contributed by atoms with Crippen molar-refractivity contribution in [2.45, 2.75) is 6.37 Å². The molecule has 2 nitrogen and oxygen atoms in total. The van der Waals surface area contributed by atoms with Crippen molar-refractivity contribution in [2.75, 3.05) is 13.5 Å². The van der Waals surface area contributed by atoms with Gasteiger partial charge in [0, 0.05) is 12.0 Å². The van der Waals surface area contributed by atoms with E-state index in [4.69, 9.17) is 29.6 Å². The molecule has 0 saturated carbocycles. The lowest BCUT2D eigenvalue weighted by atomic mass is 10.0. The van der Waals surface area contributed by atoms with Gasteiger partial charge >= 0.3 is 0 Å². The quantitative estimate of drug-likeness (QED) is 0.840. The summed E-state index contributed by atoms with van der Waals surface area (Å²) in [4.78, 5) is 1.58. The van der Waals surface area contributed by atoms with E-state index in [0.29, 0.717) is 0 Å². The third kappa shape index (κ3) is 2.29. The van der Waals surface area contributed by atoms with E-state index >= 15 is 0 Å². The van der Waals surface area contributed by atoms with Gasteiger partial charge in [0.1, 0.15) is 5.75 Å². The molecule has 0 aliphatic carbocycles. The van der Waals surface area contributed by atoms with E-state index in [2.05, 4.69) is 4.74 Å². The number of nitrogens with one attached hydrogen (secondary N) is 1. The standard InChI is InChI=1S/C13H14ClNO/c1-16-12-6-5-10-3-2-4-11(7-8-15-14)13(10)9-12/h2-6,9,15H,7-8H2,1H3/i1D3,2D,3D,4D,5D,6D,7D2,8D2,9D. The molecule has 2 aromatic rings. The van der Waals surface area contributed by atoms with Gasteiger partial charge in [-0.25, -0.2) is 4.84 Å². The molecule has 0 saturated heterocycles. The third-order valence-corrected chi connectivity index (χ3v) is 1.85. The van der Waals surface area contributed by atoms with Gasteiger partial charge in [-0.2, -0.15) is 0 Å². The molecule has 0 spiro atoms. The predicted octanol–water partition coefficient (Wildman–Crippen LogP) is 3.13. The van der Waals surface area contributed by atoms with Crippen molar-refractivity contribution < 1.29 is 22.6 Å². The fourth-order valence-electron chi connectivity index (χ4n) is 1.12. The molecule has 0 heterocycles. The molecule has 16 heavy (non-hydrogen) atoms. The number of halogens is 1. The van der Waals surface area contributed by atoms with Gasteiger partial charge in [-0.3, -0.25) is 0 Å². The van der Waals surface area contributed by atoms with Gasteiger partial charge in [0.05, 0.1) is 19.4 Å². The average molecular weight is 249 g/mol. The van der Waals surface area contributed by atoms with E-state index in [9.17, 15) is 0 Å². The summed E-state index contributed by atoms with van der Waals surface area (Å²) in [7, 11) is -3.12. The number of benzene rings is 2. The molecule has 0 unspecified atom stereocenters. The molecule has 1 N–H and O–H groups in total. The van der Waals surface area contributed by atoms with Crippen LogP contribution in [0.4, 0.5) is 0 Å². The van der Waals surface area contributed by atoms with Crippen molar-refractivity contribution in [2.24, 2.45) is 0 Å². The minimum absolute atomic E-state index is 0.580. The van der Waals surface area contributed by atoms with E-state index in [0.717, 1.165) is 0 Å². The number of hydrogen-bond acceptors (Lipinski definition) is 2. The predicted molar refractivity (Wildman–Crippen MR) is 68.1 cm³/mol. The zero-order valence-electron chi connectivity index (χ0n) is 20.8. The van der Waals surface area contributed by atoms with E-state index in [1.165, 1.54) is 0 Å². The Morgan fingerprint density at radius 2 is 2.44 bits per heavy atom. The van der Waals surface area contributed by atoms with Gasteiger partial charge in [-0.1, -0.05) is 24.2 Å². The first-order valence-corrected chi connectivity index (χ1v) is 4.48. The number of hydrogen-bond donors (Lipinski definition) is 1. The summed E-state index contributed by atoms with van der Waals surface area (Å²) in [6.45, 7) is -3.04. The molecule has 2 aromatic carbocycles. The fraction of sp³-hybridized carbons (Fsp3) is 0.231. The largest absolute Gasteiger partial charge is 0.497 e. The summed E-state index contributed by atoms with van der Waals surface area (Å²) in [6, 6.07) is -5.22. The second-order valence-corrected chi connectivity index (χ2v) is 2.84. The zero-order valence-corrected chi connectivity index (χ0v) is 8.54. The molecule has 0 aliphatic heterocycles. The summed E-state index contributed by atoms with van der Waals surface area (Å²) in [5.41, 5.74) is -0.902. The highest BCUT2D eigenvalue weighted by molar-refractivity contribution is 6.13. The second kappa shape index (κ2) is 5.19. The van der Waals surface area contributed by atoms with Crippen LogP contribution in [-0.4, -0.2) is 13.5 Å². The lowest BCUT2D eigenvalue weighted by Gasteiger charge is -2.07. The van der Waals surface area contributed by atoms with Gasteiger partial charge in [0.15, 0.2) is 0 Å². The molecule has 0 bridgehead atoms. The van der Waals surface area contributed by atoms with Crippen molar-refractivity contribution >= 4 is 22.5 Å². The first-order chi connectivity index (χ1) is 13.0. The first-order valence-electron chi connectivity index (χ1n) is 10.6. The highest BCUT2D eigenvalue weighted by atomic mass is 35.5. The van der Waals surface area contributed by atoms with Crippen LogP contribution in [0.15, 0.2) is 36.3 Å². The lowest BCUT2D eigenvalue weighted by molar-refractivity contribution is 0.415. The van der Waals surface area contributed by atoms with E-state index < -0.39 is 78.2 Å². The van der Waals surface area contributed by atoms with Crippen LogP contribution < -0.4 is 9.57 Å². The SMILES string of the molecule is [2H]c1c([2H])c(C([2H])([2H])C([2H])([2H])NCl)c2c([2H])c(OC([2H])([2H])[2H])c([2H])c([2H])c2c1[2H]. The first kappa shape index (κ1) is 3.37. The van der Waals surface area contributed by atoms with Gasteiger partial charge in [-0.15, -0.1) is 0 Å². The Kier molecular flexibility index (Phi) is 1.09. The number of ether oxygens (including phenoxy) is 1. The third-order valence-electron chi connectivity index (χ3n) is 1.75. The zero-order chi connectivity index (χ0) is 22.7. The second-order valence-electron chi connectivity index (χ2n) is 2.65. The smallest absolute Gasteiger partial charge is 0.119 e. The van der Waals surface area contributed by atoms with Crippen molar-refractivity contribution in [1.82, 2.24) is 4.84 Å². The summed E-state index contributed by atoms with van der Waals surface area (Å²) < 4.78 is 106. The minimum atomic E-state index is -3.17. The van der Waals surface area contributed by atoms with Gasteiger partial charge in [0.25, 0.3) is 0 Å². The van der Waals surface area contributed by atoms with Crippen LogP contribution in [0.5, 0.6) is 5.75 Å². The molecule has 0 aromatic heterocycles. The van der Waals surface area contributed by atoms with E-state index in [1.807, 2.05) is 0 Å². The fourth-order valence-corrected chi connectivity index (χ4v) is 1.17. The Labute approximate surface area is 119 Å². The number of fused-ring (bicyclic) bond motifs is 1. The van der Waals surface area contributed by atoms with Crippen molar-refractivity contribution in [3.05, 3.63) is 41.8 Å². The lowest BCUT2D eigenvalue weighted by Crippen LogP contribution is -2.04. The Morgan fingerprint density at radius 3 is 3.25 bits per heavy atom. The average Bonchev–Trinajstić information content (AvgIpc) is 2.59. The number of aryl methyl sites for hydroxylation is 1. The van der Waals surface area contributed by atoms with Crippen LogP contribution in [0.1, 0.15) is 23.4 Å². The molecule has 0 radical (unpaired) electrons. The van der Waals surface area contributed by atoms with Crippen molar-refractivity contribution in [3.63, 3.8) is 0 Å². The van der Waals surface area contributed by atoms with Crippen LogP contribution in [0, 0.1) is 0 Å². The molecule has 0 fully saturated rings. The Morgan fingerprint density at radius 1 is 1.50 bits per heavy atom. The Hall–Kier alpha value is -1.25. The van der Waals surface area contributed by atoms with Crippen LogP contribution in [-0.2, 0) is 6.37 Å². The van der Waals surface area contributed by atoms with Crippen molar-refractivity contribution in [3.8, 4) is 5.75 Å². The topological polar surface area (TPSA) is 21.3 Å². The molecule has 3 heteroatoms. The monoisotopic (exact) mass is 248 g/mol. The number of methoxy groups -OCH3 is 1. The summed E-state index contributed by atoms with van der Waals surface area (Å²) in [6.07, 6.45) is -3.17. The Bertz CT molecular complexity index is 988. The Balaban J connectivity index is 3.18. The van der Waals surface area contributed by atoms with Crippen LogP contribution in [0.3, 0.4) is 0 Å². The van der Waals surface area contributed by atoms with Crippen LogP contribution >= 0.6 is 11.8 Å². The van der Waals surface area contributed by atoms with E-state index in [1.54, 1.807) is 4.84 Å². The molecule has 84 valence electrons. The summed E-state index contributed by atoms with van der Waals surface area (Å²) in [5, 5.41) is -1.26. The molecule has 0 atom stereocenters. The maximum atomic E-state index is 8.25. The molecule has 2 rings (SSSR count). The van der Waals surface area contributed by atoms with Crippen molar-refractivity contribution in [1.29, 1.82) is 0 Å². The van der Waals surface area contributed by atoms with Gasteiger partial charge in [-0.05, 0) is 46.6 Å². The highest BCUT2D eigenvalue weighted by Crippen LogP contribution is 2.24. The highest BCUT2D eigenvalue weighted by Gasteiger charge is 2.02. The van der Waals surface area contributed by atoms with Crippen LogP contribution in [0.25, 0.3) is 10.8 Å².